The second-order valence-electron chi connectivity index (χ2n) is 5.01. The van der Waals surface area contributed by atoms with Crippen molar-refractivity contribution in [2.24, 2.45) is 5.73 Å². The summed E-state index contributed by atoms with van der Waals surface area (Å²) in [6.45, 7) is 1.79. The van der Waals surface area contributed by atoms with E-state index in [4.69, 9.17) is 5.73 Å². The Bertz CT molecular complexity index is 787. The van der Waals surface area contributed by atoms with Gasteiger partial charge in [-0.2, -0.15) is 0 Å². The number of nitro benzene ring substituents is 1. The number of primary amides is 1. The lowest BCUT2D eigenvalue weighted by molar-refractivity contribution is -0.385. The van der Waals surface area contributed by atoms with E-state index in [0.717, 1.165) is 5.56 Å². The fraction of sp³-hybridized carbons (Fsp3) is 0.125. The molecule has 0 heterocycles. The SMILES string of the molecule is Cc1cc(C(=O)NCc2cccc(C(N)=O)c2)ccc1[N+](=O)[O-]. The van der Waals surface area contributed by atoms with Gasteiger partial charge < -0.3 is 11.1 Å². The Morgan fingerprint density at radius 2 is 1.91 bits per heavy atom. The quantitative estimate of drug-likeness (QED) is 0.648. The molecule has 0 spiro atoms. The summed E-state index contributed by atoms with van der Waals surface area (Å²) in [6.07, 6.45) is 0. The standard InChI is InChI=1S/C16H15N3O4/c1-10-7-13(5-6-14(10)19(22)23)16(21)18-9-11-3-2-4-12(8-11)15(17)20/h2-8H,9H2,1H3,(H2,17,20)(H,18,21). The molecule has 23 heavy (non-hydrogen) atoms. The minimum atomic E-state index is -0.538. The molecule has 7 heteroatoms. The number of rotatable bonds is 5. The Morgan fingerprint density at radius 1 is 1.17 bits per heavy atom. The van der Waals surface area contributed by atoms with Gasteiger partial charge in [0.05, 0.1) is 4.92 Å². The summed E-state index contributed by atoms with van der Waals surface area (Å²) in [5, 5.41) is 13.5. The number of hydrogen-bond donors (Lipinski definition) is 2. The second kappa shape index (κ2) is 6.69. The molecular weight excluding hydrogens is 298 g/mol. The first-order valence-corrected chi connectivity index (χ1v) is 6.80. The molecule has 2 rings (SSSR count). The first-order valence-electron chi connectivity index (χ1n) is 6.80. The van der Waals surface area contributed by atoms with Crippen LogP contribution in [-0.2, 0) is 6.54 Å². The van der Waals surface area contributed by atoms with Gasteiger partial charge in [-0.05, 0) is 36.8 Å². The van der Waals surface area contributed by atoms with Gasteiger partial charge in [-0.3, -0.25) is 19.7 Å². The largest absolute Gasteiger partial charge is 0.366 e. The molecule has 0 unspecified atom stereocenters. The fourth-order valence-electron chi connectivity index (χ4n) is 2.12. The van der Waals surface area contributed by atoms with Crippen LogP contribution in [0.15, 0.2) is 42.5 Å². The highest BCUT2D eigenvalue weighted by atomic mass is 16.6. The molecule has 0 saturated heterocycles. The Morgan fingerprint density at radius 3 is 2.52 bits per heavy atom. The number of nitrogens with one attached hydrogen (secondary N) is 1. The maximum atomic E-state index is 12.1. The lowest BCUT2D eigenvalue weighted by atomic mass is 10.1. The lowest BCUT2D eigenvalue weighted by Gasteiger charge is -2.07. The van der Waals surface area contributed by atoms with Crippen molar-refractivity contribution >= 4 is 17.5 Å². The summed E-state index contributed by atoms with van der Waals surface area (Å²) in [4.78, 5) is 33.5. The predicted octanol–water partition coefficient (Wildman–Crippen LogP) is 1.93. The van der Waals surface area contributed by atoms with E-state index in [1.54, 1.807) is 31.2 Å². The van der Waals surface area contributed by atoms with Crippen molar-refractivity contribution in [3.8, 4) is 0 Å². The van der Waals surface area contributed by atoms with Crippen LogP contribution in [0.4, 0.5) is 5.69 Å². The van der Waals surface area contributed by atoms with Crippen molar-refractivity contribution in [3.63, 3.8) is 0 Å². The number of amides is 2. The second-order valence-corrected chi connectivity index (χ2v) is 5.01. The molecule has 0 atom stereocenters. The minimum absolute atomic E-state index is 0.0318. The summed E-state index contributed by atoms with van der Waals surface area (Å²) < 4.78 is 0. The molecule has 0 aliphatic rings. The maximum absolute atomic E-state index is 12.1. The third kappa shape index (κ3) is 3.91. The Kier molecular flexibility index (Phi) is 4.70. The Balaban J connectivity index is 2.08. The van der Waals surface area contributed by atoms with Crippen LogP contribution in [0, 0.1) is 17.0 Å². The van der Waals surface area contributed by atoms with E-state index in [9.17, 15) is 19.7 Å². The van der Waals surface area contributed by atoms with E-state index >= 15 is 0 Å². The zero-order valence-corrected chi connectivity index (χ0v) is 12.4. The molecule has 0 saturated carbocycles. The molecule has 2 amide bonds. The summed E-state index contributed by atoms with van der Waals surface area (Å²) >= 11 is 0. The number of nitrogens with two attached hydrogens (primary N) is 1. The molecule has 0 aromatic heterocycles. The number of nitrogens with zero attached hydrogens (tertiary/aromatic N) is 1. The van der Waals surface area contributed by atoms with Crippen molar-refractivity contribution in [1.82, 2.24) is 5.32 Å². The van der Waals surface area contributed by atoms with E-state index < -0.39 is 10.8 Å². The maximum Gasteiger partial charge on any atom is 0.272 e. The van der Waals surface area contributed by atoms with Crippen LogP contribution in [0.5, 0.6) is 0 Å². The molecule has 0 aliphatic heterocycles. The predicted molar refractivity (Wildman–Crippen MR) is 84.0 cm³/mol. The van der Waals surface area contributed by atoms with Gasteiger partial charge in [-0.25, -0.2) is 0 Å². The van der Waals surface area contributed by atoms with Crippen molar-refractivity contribution in [1.29, 1.82) is 0 Å². The number of carbonyl (C=O) groups excluding carboxylic acids is 2. The normalized spacial score (nSPS) is 10.1. The van der Waals surface area contributed by atoms with Crippen LogP contribution in [0.1, 0.15) is 31.8 Å². The molecular formula is C16H15N3O4. The van der Waals surface area contributed by atoms with Crippen molar-refractivity contribution in [2.45, 2.75) is 13.5 Å². The average molecular weight is 313 g/mol. The molecule has 0 radical (unpaired) electrons. The Hall–Kier alpha value is -3.22. The molecule has 0 aliphatic carbocycles. The van der Waals surface area contributed by atoms with E-state index in [1.807, 2.05) is 0 Å². The number of hydrogen-bond acceptors (Lipinski definition) is 4. The summed E-state index contributed by atoms with van der Waals surface area (Å²) in [7, 11) is 0. The van der Waals surface area contributed by atoms with Gasteiger partial charge in [0.15, 0.2) is 0 Å². The molecule has 3 N–H and O–H groups in total. The van der Waals surface area contributed by atoms with Gasteiger partial charge in [0.25, 0.3) is 11.6 Å². The van der Waals surface area contributed by atoms with Crippen LogP contribution in [0.2, 0.25) is 0 Å². The fourth-order valence-corrected chi connectivity index (χ4v) is 2.12. The smallest absolute Gasteiger partial charge is 0.272 e. The molecule has 2 aromatic carbocycles. The topological polar surface area (TPSA) is 115 Å². The molecule has 0 bridgehead atoms. The van der Waals surface area contributed by atoms with E-state index in [1.165, 1.54) is 18.2 Å². The van der Waals surface area contributed by atoms with Crippen molar-refractivity contribution in [3.05, 3.63) is 74.8 Å². The van der Waals surface area contributed by atoms with Gasteiger partial charge in [0, 0.05) is 29.3 Å². The summed E-state index contributed by atoms with van der Waals surface area (Å²) in [6, 6.07) is 10.8. The number of nitro groups is 1. The Labute approximate surface area is 132 Å². The van der Waals surface area contributed by atoms with E-state index in [2.05, 4.69) is 5.32 Å². The number of carbonyl (C=O) groups is 2. The molecule has 2 aromatic rings. The first-order chi connectivity index (χ1) is 10.9. The average Bonchev–Trinajstić information content (AvgIpc) is 2.52. The van der Waals surface area contributed by atoms with Crippen LogP contribution in [0.25, 0.3) is 0 Å². The van der Waals surface area contributed by atoms with Crippen LogP contribution < -0.4 is 11.1 Å². The van der Waals surface area contributed by atoms with Gasteiger partial charge >= 0.3 is 0 Å². The minimum Gasteiger partial charge on any atom is -0.366 e. The van der Waals surface area contributed by atoms with Crippen molar-refractivity contribution in [2.75, 3.05) is 0 Å². The van der Waals surface area contributed by atoms with Gasteiger partial charge in [-0.15, -0.1) is 0 Å². The third-order valence-corrected chi connectivity index (χ3v) is 3.32. The van der Waals surface area contributed by atoms with Gasteiger partial charge in [0.1, 0.15) is 0 Å². The number of aryl methyl sites for hydroxylation is 1. The molecule has 0 fully saturated rings. The van der Waals surface area contributed by atoms with Crippen LogP contribution >= 0.6 is 0 Å². The van der Waals surface area contributed by atoms with Crippen molar-refractivity contribution < 1.29 is 14.5 Å². The van der Waals surface area contributed by atoms with E-state index in [0.29, 0.717) is 16.7 Å². The summed E-state index contributed by atoms with van der Waals surface area (Å²) in [5.74, 6) is -0.892. The van der Waals surface area contributed by atoms with E-state index in [-0.39, 0.29) is 18.1 Å². The highest BCUT2D eigenvalue weighted by Crippen LogP contribution is 2.18. The third-order valence-electron chi connectivity index (χ3n) is 3.32. The zero-order valence-electron chi connectivity index (χ0n) is 12.4. The summed E-state index contributed by atoms with van der Waals surface area (Å²) in [5.41, 5.74) is 7.01. The van der Waals surface area contributed by atoms with Gasteiger partial charge in [-0.1, -0.05) is 12.1 Å². The molecule has 118 valence electrons. The van der Waals surface area contributed by atoms with Crippen LogP contribution in [0.3, 0.4) is 0 Å². The van der Waals surface area contributed by atoms with Crippen LogP contribution in [-0.4, -0.2) is 16.7 Å². The zero-order chi connectivity index (χ0) is 17.0. The first kappa shape index (κ1) is 16.2. The monoisotopic (exact) mass is 313 g/mol. The lowest BCUT2D eigenvalue weighted by Crippen LogP contribution is -2.23. The molecule has 7 nitrogen and oxygen atoms in total. The highest BCUT2D eigenvalue weighted by Gasteiger charge is 2.13. The highest BCUT2D eigenvalue weighted by molar-refractivity contribution is 5.95. The van der Waals surface area contributed by atoms with Gasteiger partial charge in [0.2, 0.25) is 5.91 Å². The number of benzene rings is 2.